The molecule has 4 aromatic rings. The van der Waals surface area contributed by atoms with Crippen LogP contribution in [0.2, 0.25) is 0 Å². The molecular formula is C32H36N6O4. The first-order chi connectivity index (χ1) is 20.2. The Kier molecular flexibility index (Phi) is 8.53. The van der Waals surface area contributed by atoms with Crippen molar-refractivity contribution in [3.63, 3.8) is 0 Å². The van der Waals surface area contributed by atoms with Gasteiger partial charge in [-0.15, -0.1) is 0 Å². The van der Waals surface area contributed by atoms with E-state index in [-0.39, 0.29) is 23.3 Å². The maximum absolute atomic E-state index is 13.5. The molecule has 3 aromatic carbocycles. The Morgan fingerprint density at radius 1 is 0.952 bits per heavy atom. The van der Waals surface area contributed by atoms with Gasteiger partial charge in [-0.3, -0.25) is 29.4 Å². The van der Waals surface area contributed by atoms with Gasteiger partial charge in [0.2, 0.25) is 17.7 Å². The average Bonchev–Trinajstić information content (AvgIpc) is 3.36. The molecule has 0 aliphatic heterocycles. The largest absolute Gasteiger partial charge is 0.366 e. The maximum Gasteiger partial charge on any atom is 0.271 e. The molecule has 1 heterocycles. The van der Waals surface area contributed by atoms with Crippen molar-refractivity contribution >= 4 is 34.3 Å². The highest BCUT2D eigenvalue weighted by Gasteiger charge is 2.29. The predicted molar refractivity (Wildman–Crippen MR) is 163 cm³/mol. The van der Waals surface area contributed by atoms with E-state index >= 15 is 0 Å². The van der Waals surface area contributed by atoms with Crippen LogP contribution >= 0.6 is 0 Å². The van der Waals surface area contributed by atoms with E-state index in [0.717, 1.165) is 47.9 Å². The first kappa shape index (κ1) is 28.8. The fourth-order valence-corrected chi connectivity index (χ4v) is 5.70. The highest BCUT2D eigenvalue weighted by atomic mass is 16.2. The molecule has 3 amide bonds. The van der Waals surface area contributed by atoms with Crippen LogP contribution in [-0.2, 0) is 16.0 Å². The molecule has 1 saturated carbocycles. The van der Waals surface area contributed by atoms with Gasteiger partial charge in [-0.05, 0) is 97.7 Å². The third-order valence-corrected chi connectivity index (χ3v) is 8.24. The number of rotatable bonds is 9. The van der Waals surface area contributed by atoms with E-state index in [9.17, 15) is 19.2 Å². The SMILES string of the molecule is Cc1cc(C(N)=O)ccc1-c1ccc(C[C@H](NC(=O)C2CCC(CN)CC2)C(=O)Nc2ccc3c(=O)[nH][nH]c3c2)cc1. The van der Waals surface area contributed by atoms with E-state index in [4.69, 9.17) is 11.5 Å². The van der Waals surface area contributed by atoms with E-state index < -0.39 is 11.9 Å². The molecule has 1 aromatic heterocycles. The molecule has 218 valence electrons. The van der Waals surface area contributed by atoms with Gasteiger partial charge in [0.15, 0.2) is 0 Å². The minimum Gasteiger partial charge on any atom is -0.366 e. The monoisotopic (exact) mass is 568 g/mol. The Morgan fingerprint density at radius 3 is 2.36 bits per heavy atom. The summed E-state index contributed by atoms with van der Waals surface area (Å²) in [6.07, 6.45) is 3.60. The number of hydrogen-bond donors (Lipinski definition) is 6. The number of H-pyrrole nitrogens is 2. The van der Waals surface area contributed by atoms with E-state index in [2.05, 4.69) is 20.8 Å². The van der Waals surface area contributed by atoms with Crippen LogP contribution in [0.1, 0.15) is 47.2 Å². The number of aromatic amines is 2. The van der Waals surface area contributed by atoms with Gasteiger partial charge >= 0.3 is 0 Å². The number of hydrogen-bond acceptors (Lipinski definition) is 5. The molecule has 1 fully saturated rings. The van der Waals surface area contributed by atoms with Gasteiger partial charge in [-0.1, -0.05) is 30.3 Å². The van der Waals surface area contributed by atoms with Crippen LogP contribution in [0.25, 0.3) is 22.0 Å². The molecule has 1 aliphatic carbocycles. The number of aryl methyl sites for hydroxylation is 1. The van der Waals surface area contributed by atoms with Crippen LogP contribution in [0.3, 0.4) is 0 Å². The number of benzene rings is 3. The summed E-state index contributed by atoms with van der Waals surface area (Å²) in [6, 6.07) is 17.3. The molecular weight excluding hydrogens is 532 g/mol. The zero-order valence-corrected chi connectivity index (χ0v) is 23.5. The second kappa shape index (κ2) is 12.4. The summed E-state index contributed by atoms with van der Waals surface area (Å²) < 4.78 is 0. The minimum atomic E-state index is -0.812. The molecule has 1 atom stereocenters. The van der Waals surface area contributed by atoms with Gasteiger partial charge in [0.25, 0.3) is 5.56 Å². The van der Waals surface area contributed by atoms with E-state index in [1.807, 2.05) is 37.3 Å². The molecule has 10 heteroatoms. The fraction of sp³-hybridized carbons (Fsp3) is 0.312. The van der Waals surface area contributed by atoms with Gasteiger partial charge in [-0.2, -0.15) is 0 Å². The van der Waals surface area contributed by atoms with Gasteiger partial charge in [-0.25, -0.2) is 0 Å². The van der Waals surface area contributed by atoms with Crippen molar-refractivity contribution < 1.29 is 14.4 Å². The minimum absolute atomic E-state index is 0.127. The molecule has 1 aliphatic rings. The lowest BCUT2D eigenvalue weighted by atomic mass is 9.81. The zero-order chi connectivity index (χ0) is 29.8. The quantitative estimate of drug-likeness (QED) is 0.181. The van der Waals surface area contributed by atoms with Crippen molar-refractivity contribution in [1.29, 1.82) is 0 Å². The first-order valence-corrected chi connectivity index (χ1v) is 14.2. The summed E-state index contributed by atoms with van der Waals surface area (Å²) in [5.74, 6) is -0.661. The van der Waals surface area contributed by atoms with Gasteiger partial charge < -0.3 is 22.1 Å². The Bertz CT molecular complexity index is 1660. The number of amides is 3. The van der Waals surface area contributed by atoms with E-state index in [1.165, 1.54) is 0 Å². The number of carbonyl (C=O) groups is 3. The number of anilines is 1. The lowest BCUT2D eigenvalue weighted by Crippen LogP contribution is -2.48. The van der Waals surface area contributed by atoms with Crippen LogP contribution in [-0.4, -0.2) is 40.5 Å². The first-order valence-electron chi connectivity index (χ1n) is 14.2. The van der Waals surface area contributed by atoms with Crippen molar-refractivity contribution in [2.24, 2.45) is 23.3 Å². The van der Waals surface area contributed by atoms with Crippen molar-refractivity contribution in [3.05, 3.63) is 87.7 Å². The third kappa shape index (κ3) is 6.44. The smallest absolute Gasteiger partial charge is 0.271 e. The normalized spacial score (nSPS) is 17.5. The second-order valence-electron chi connectivity index (χ2n) is 11.1. The van der Waals surface area contributed by atoms with Crippen LogP contribution in [0, 0.1) is 18.8 Å². The highest BCUT2D eigenvalue weighted by Crippen LogP contribution is 2.29. The molecule has 8 N–H and O–H groups in total. The van der Waals surface area contributed by atoms with Crippen LogP contribution in [0.15, 0.2) is 65.5 Å². The standard InChI is InChI=1S/C32H36N6O4/c1-18-14-23(29(34)39)10-12-25(18)21-6-2-19(3-7-21)15-28(36-30(40)22-8-4-20(17-33)5-9-22)32(42)35-24-11-13-26-27(16-24)37-38-31(26)41/h2-3,6-7,10-14,16,20,22,28H,4-5,8-9,15,17,33H2,1H3,(H2,34,39)(H,35,42)(H,36,40)(H2,37,38,41)/t20?,22?,28-/m0/s1. The van der Waals surface area contributed by atoms with Crippen molar-refractivity contribution in [1.82, 2.24) is 15.5 Å². The Balaban J connectivity index is 1.34. The van der Waals surface area contributed by atoms with Gasteiger partial charge in [0, 0.05) is 23.6 Å². The third-order valence-electron chi connectivity index (χ3n) is 8.24. The second-order valence-corrected chi connectivity index (χ2v) is 11.1. The molecule has 0 spiro atoms. The van der Waals surface area contributed by atoms with E-state index in [1.54, 1.807) is 30.3 Å². The van der Waals surface area contributed by atoms with Crippen molar-refractivity contribution in [3.8, 4) is 11.1 Å². The zero-order valence-electron chi connectivity index (χ0n) is 23.5. The number of primary amides is 1. The number of nitrogens with one attached hydrogen (secondary N) is 4. The summed E-state index contributed by atoms with van der Waals surface area (Å²) >= 11 is 0. The van der Waals surface area contributed by atoms with Crippen LogP contribution in [0.4, 0.5) is 5.69 Å². The van der Waals surface area contributed by atoms with Gasteiger partial charge in [0.1, 0.15) is 6.04 Å². The van der Waals surface area contributed by atoms with Crippen LogP contribution < -0.4 is 27.7 Å². The summed E-state index contributed by atoms with van der Waals surface area (Å²) in [7, 11) is 0. The molecule has 0 bridgehead atoms. The summed E-state index contributed by atoms with van der Waals surface area (Å²) in [6.45, 7) is 2.55. The van der Waals surface area contributed by atoms with Crippen molar-refractivity contribution in [2.75, 3.05) is 11.9 Å². The van der Waals surface area contributed by atoms with Crippen molar-refractivity contribution in [2.45, 2.75) is 45.1 Å². The predicted octanol–water partition coefficient (Wildman–Crippen LogP) is 3.36. The molecule has 0 saturated heterocycles. The number of aromatic nitrogens is 2. The maximum atomic E-state index is 13.5. The Labute approximate surface area is 243 Å². The van der Waals surface area contributed by atoms with Crippen LogP contribution in [0.5, 0.6) is 0 Å². The molecule has 0 unspecified atom stereocenters. The average molecular weight is 569 g/mol. The lowest BCUT2D eigenvalue weighted by molar-refractivity contribution is -0.130. The van der Waals surface area contributed by atoms with E-state index in [0.29, 0.717) is 41.0 Å². The summed E-state index contributed by atoms with van der Waals surface area (Å²) in [5, 5.41) is 11.7. The fourth-order valence-electron chi connectivity index (χ4n) is 5.70. The highest BCUT2D eigenvalue weighted by molar-refractivity contribution is 5.99. The molecule has 0 radical (unpaired) electrons. The van der Waals surface area contributed by atoms with Gasteiger partial charge in [0.05, 0.1) is 10.9 Å². The summed E-state index contributed by atoms with van der Waals surface area (Å²) in [5.41, 5.74) is 16.3. The topological polar surface area (TPSA) is 176 Å². The lowest BCUT2D eigenvalue weighted by Gasteiger charge is -2.28. The summed E-state index contributed by atoms with van der Waals surface area (Å²) in [4.78, 5) is 50.2. The molecule has 10 nitrogen and oxygen atoms in total. The molecule has 42 heavy (non-hydrogen) atoms. The number of carbonyl (C=O) groups excluding carboxylic acids is 3. The Hall–Kier alpha value is -4.70. The number of nitrogens with two attached hydrogens (primary N) is 2. The number of fused-ring (bicyclic) bond motifs is 1. The molecule has 5 rings (SSSR count). The Morgan fingerprint density at radius 2 is 1.69 bits per heavy atom.